The van der Waals surface area contributed by atoms with Gasteiger partial charge in [-0.1, -0.05) is 30.4 Å². The molecule has 3 aromatic rings. The summed E-state index contributed by atoms with van der Waals surface area (Å²) in [5.41, 5.74) is 2.51. The Morgan fingerprint density at radius 1 is 1.19 bits per heavy atom. The lowest BCUT2D eigenvalue weighted by Gasteiger charge is -2.08. The molecular weight excluding hydrogens is 380 g/mol. The van der Waals surface area contributed by atoms with E-state index in [2.05, 4.69) is 24.0 Å². The number of carbonyl (C=O) groups excluding carboxylic acids is 1. The summed E-state index contributed by atoms with van der Waals surface area (Å²) in [6, 6.07) is 12.3. The molecule has 0 aliphatic rings. The van der Waals surface area contributed by atoms with Crippen LogP contribution in [-0.2, 0) is 23.3 Å². The maximum absolute atomic E-state index is 12.6. The molecule has 142 valence electrons. The number of aryl methyl sites for hydroxylation is 2. The number of fused-ring (bicyclic) bond motifs is 1. The van der Waals surface area contributed by atoms with Crippen LogP contribution in [0.25, 0.3) is 10.2 Å². The van der Waals surface area contributed by atoms with Crippen molar-refractivity contribution in [2.24, 2.45) is 12.0 Å². The third-order valence-corrected chi connectivity index (χ3v) is 7.76. The predicted molar refractivity (Wildman–Crippen MR) is 109 cm³/mol. The van der Waals surface area contributed by atoms with Crippen molar-refractivity contribution in [1.29, 1.82) is 0 Å². The molecule has 3 rings (SSSR count). The zero-order valence-electron chi connectivity index (χ0n) is 15.8. The van der Waals surface area contributed by atoms with E-state index in [1.807, 2.05) is 17.7 Å². The van der Waals surface area contributed by atoms with Gasteiger partial charge in [-0.05, 0) is 56.2 Å². The summed E-state index contributed by atoms with van der Waals surface area (Å²) in [5, 5.41) is -0.548. The summed E-state index contributed by atoms with van der Waals surface area (Å²) < 4.78 is 27.7. The lowest BCUT2D eigenvalue weighted by atomic mass is 10.2. The molecule has 0 saturated carbocycles. The van der Waals surface area contributed by atoms with Gasteiger partial charge in [-0.2, -0.15) is 4.99 Å². The Kier molecular flexibility index (Phi) is 5.35. The van der Waals surface area contributed by atoms with Gasteiger partial charge in [-0.25, -0.2) is 8.42 Å². The standard InChI is InChI=1S/C20H22N2O3S2/c1-5-14-9-10-17-18(11-14)26-20(22(17)4)21-19(23)15-7-6-8-16(12-15)27(24,25)13(2)3/h6-13H,5H2,1-4H3. The minimum Gasteiger partial charge on any atom is -0.319 e. The van der Waals surface area contributed by atoms with Crippen molar-refractivity contribution in [1.82, 2.24) is 4.57 Å². The van der Waals surface area contributed by atoms with Gasteiger partial charge in [-0.15, -0.1) is 0 Å². The zero-order valence-corrected chi connectivity index (χ0v) is 17.4. The van der Waals surface area contributed by atoms with Crippen LogP contribution in [0, 0.1) is 0 Å². The summed E-state index contributed by atoms with van der Waals surface area (Å²) in [6.45, 7) is 5.34. The molecule has 5 nitrogen and oxygen atoms in total. The van der Waals surface area contributed by atoms with E-state index in [1.165, 1.54) is 29.0 Å². The van der Waals surface area contributed by atoms with Crippen molar-refractivity contribution in [3.05, 3.63) is 58.4 Å². The summed E-state index contributed by atoms with van der Waals surface area (Å²) in [7, 11) is -1.57. The quantitative estimate of drug-likeness (QED) is 0.668. The molecule has 1 aromatic heterocycles. The largest absolute Gasteiger partial charge is 0.319 e. The molecule has 0 aliphatic heterocycles. The molecule has 0 fully saturated rings. The summed E-state index contributed by atoms with van der Waals surface area (Å²) in [4.78, 5) is 17.6. The monoisotopic (exact) mass is 402 g/mol. The van der Waals surface area contributed by atoms with Gasteiger partial charge < -0.3 is 4.57 Å². The number of nitrogens with zero attached hydrogens (tertiary/aromatic N) is 2. The third kappa shape index (κ3) is 3.75. The van der Waals surface area contributed by atoms with Gasteiger partial charge in [0.1, 0.15) is 0 Å². The van der Waals surface area contributed by atoms with E-state index in [0.29, 0.717) is 4.80 Å². The number of sulfone groups is 1. The van der Waals surface area contributed by atoms with E-state index in [0.717, 1.165) is 16.6 Å². The first kappa shape index (κ1) is 19.5. The van der Waals surface area contributed by atoms with Crippen LogP contribution in [0.1, 0.15) is 36.7 Å². The van der Waals surface area contributed by atoms with E-state index in [1.54, 1.807) is 26.0 Å². The van der Waals surface area contributed by atoms with Crippen LogP contribution < -0.4 is 4.80 Å². The molecule has 0 aliphatic carbocycles. The average Bonchev–Trinajstić information content (AvgIpc) is 2.96. The second kappa shape index (κ2) is 7.40. The van der Waals surface area contributed by atoms with E-state index in [-0.39, 0.29) is 10.5 Å². The van der Waals surface area contributed by atoms with E-state index in [9.17, 15) is 13.2 Å². The van der Waals surface area contributed by atoms with Crippen LogP contribution in [-0.4, -0.2) is 24.1 Å². The van der Waals surface area contributed by atoms with Gasteiger partial charge in [0, 0.05) is 12.6 Å². The molecule has 0 N–H and O–H groups in total. The highest BCUT2D eigenvalue weighted by Gasteiger charge is 2.20. The Morgan fingerprint density at radius 2 is 1.93 bits per heavy atom. The molecule has 0 saturated heterocycles. The molecule has 2 aromatic carbocycles. The first-order valence-electron chi connectivity index (χ1n) is 8.75. The number of aromatic nitrogens is 1. The first-order valence-corrected chi connectivity index (χ1v) is 11.1. The topological polar surface area (TPSA) is 68.5 Å². The smallest absolute Gasteiger partial charge is 0.279 e. The first-order chi connectivity index (χ1) is 12.7. The number of hydrogen-bond acceptors (Lipinski definition) is 4. The van der Waals surface area contributed by atoms with Gasteiger partial charge in [0.2, 0.25) is 0 Å². The van der Waals surface area contributed by atoms with Crippen molar-refractivity contribution in [3.8, 4) is 0 Å². The molecule has 27 heavy (non-hydrogen) atoms. The molecule has 0 unspecified atom stereocenters. The molecule has 0 radical (unpaired) electrons. The van der Waals surface area contributed by atoms with Gasteiger partial charge in [0.15, 0.2) is 14.6 Å². The summed E-state index contributed by atoms with van der Waals surface area (Å²) in [6.07, 6.45) is 0.945. The summed E-state index contributed by atoms with van der Waals surface area (Å²) in [5.74, 6) is -0.450. The molecule has 1 heterocycles. The number of amides is 1. The lowest BCUT2D eigenvalue weighted by Crippen LogP contribution is -2.15. The van der Waals surface area contributed by atoms with Gasteiger partial charge in [-0.3, -0.25) is 4.79 Å². The van der Waals surface area contributed by atoms with Crippen LogP contribution >= 0.6 is 11.3 Å². The van der Waals surface area contributed by atoms with Gasteiger partial charge in [0.05, 0.1) is 20.4 Å². The Hall–Kier alpha value is -2.25. The van der Waals surface area contributed by atoms with E-state index < -0.39 is 21.0 Å². The Labute approximate surface area is 162 Å². The van der Waals surface area contributed by atoms with Crippen LogP contribution in [0.5, 0.6) is 0 Å². The average molecular weight is 403 g/mol. The molecule has 0 spiro atoms. The molecule has 0 atom stereocenters. The van der Waals surface area contributed by atoms with Crippen molar-refractivity contribution < 1.29 is 13.2 Å². The van der Waals surface area contributed by atoms with Crippen molar-refractivity contribution >= 4 is 37.3 Å². The Bertz CT molecular complexity index is 1190. The number of hydrogen-bond donors (Lipinski definition) is 0. The summed E-state index contributed by atoms with van der Waals surface area (Å²) >= 11 is 1.45. The lowest BCUT2D eigenvalue weighted by molar-refractivity contribution is 0.0997. The second-order valence-corrected chi connectivity index (χ2v) is 10.2. The van der Waals surface area contributed by atoms with Crippen molar-refractivity contribution in [2.45, 2.75) is 37.3 Å². The Balaban J connectivity index is 2.05. The maximum atomic E-state index is 12.6. The fraction of sp³-hybridized carbons (Fsp3) is 0.300. The minimum atomic E-state index is -3.44. The van der Waals surface area contributed by atoms with E-state index >= 15 is 0 Å². The fourth-order valence-electron chi connectivity index (χ4n) is 2.73. The van der Waals surface area contributed by atoms with Gasteiger partial charge >= 0.3 is 0 Å². The van der Waals surface area contributed by atoms with Crippen LogP contribution in [0.15, 0.2) is 52.4 Å². The normalized spacial score (nSPS) is 12.9. The minimum absolute atomic E-state index is 0.145. The van der Waals surface area contributed by atoms with Crippen LogP contribution in [0.3, 0.4) is 0 Å². The fourth-order valence-corrected chi connectivity index (χ4v) is 4.92. The maximum Gasteiger partial charge on any atom is 0.279 e. The predicted octanol–water partition coefficient (Wildman–Crippen LogP) is 3.73. The third-order valence-electron chi connectivity index (χ3n) is 4.51. The van der Waals surface area contributed by atoms with Crippen molar-refractivity contribution in [2.75, 3.05) is 0 Å². The van der Waals surface area contributed by atoms with Crippen LogP contribution in [0.2, 0.25) is 0 Å². The number of thiazole rings is 1. The van der Waals surface area contributed by atoms with Crippen molar-refractivity contribution in [3.63, 3.8) is 0 Å². The molecular formula is C20H22N2O3S2. The highest BCUT2D eigenvalue weighted by Crippen LogP contribution is 2.20. The highest BCUT2D eigenvalue weighted by molar-refractivity contribution is 7.92. The highest BCUT2D eigenvalue weighted by atomic mass is 32.2. The van der Waals surface area contributed by atoms with E-state index in [4.69, 9.17) is 0 Å². The second-order valence-electron chi connectivity index (χ2n) is 6.64. The van der Waals surface area contributed by atoms with Crippen LogP contribution in [0.4, 0.5) is 0 Å². The Morgan fingerprint density at radius 3 is 2.59 bits per heavy atom. The number of rotatable bonds is 4. The molecule has 1 amide bonds. The zero-order chi connectivity index (χ0) is 19.8. The number of carbonyl (C=O) groups is 1. The molecule has 7 heteroatoms. The molecule has 0 bridgehead atoms. The number of benzene rings is 2. The van der Waals surface area contributed by atoms with Gasteiger partial charge in [0.25, 0.3) is 5.91 Å². The SMILES string of the molecule is CCc1ccc2c(c1)sc(=NC(=O)c1cccc(S(=O)(=O)C(C)C)c1)n2C.